The van der Waals surface area contributed by atoms with Gasteiger partial charge < -0.3 is 14.2 Å². The van der Waals surface area contributed by atoms with Crippen molar-refractivity contribution in [2.45, 2.75) is 31.9 Å². The van der Waals surface area contributed by atoms with Crippen LogP contribution >= 0.6 is 0 Å². The van der Waals surface area contributed by atoms with Gasteiger partial charge in [0.25, 0.3) is 0 Å². The highest BCUT2D eigenvalue weighted by atomic mass is 19.4. The van der Waals surface area contributed by atoms with E-state index >= 15 is 0 Å². The number of hydrogen-bond donors (Lipinski definition) is 0. The highest BCUT2D eigenvalue weighted by Crippen LogP contribution is 2.35. The predicted molar refractivity (Wildman–Crippen MR) is 120 cm³/mol. The molecule has 0 fully saturated rings. The molecule has 1 heterocycles. The molecule has 180 valence electrons. The number of alkyl halides is 3. The molecule has 0 amide bonds. The second kappa shape index (κ2) is 9.61. The monoisotopic (exact) mass is 483 g/mol. The molecule has 0 aliphatic carbocycles. The van der Waals surface area contributed by atoms with E-state index in [1.807, 2.05) is 60.7 Å². The topological polar surface area (TPSA) is 74.2 Å². The average Bonchev–Trinajstić information content (AvgIpc) is 3.18. The van der Waals surface area contributed by atoms with Gasteiger partial charge in [-0.2, -0.15) is 13.2 Å². The minimum atomic E-state index is -4.99. The minimum absolute atomic E-state index is 0.0771. The van der Waals surface area contributed by atoms with Gasteiger partial charge in [-0.1, -0.05) is 60.7 Å². The van der Waals surface area contributed by atoms with Gasteiger partial charge in [0.15, 0.2) is 11.5 Å². The molecular weight excluding hydrogens is 463 g/mol. The summed E-state index contributed by atoms with van der Waals surface area (Å²) in [6.07, 6.45) is -4.99. The first-order valence-corrected chi connectivity index (χ1v) is 10.6. The van der Waals surface area contributed by atoms with Gasteiger partial charge in [-0.25, -0.2) is 9.79 Å². The third kappa shape index (κ3) is 5.34. The molecule has 1 unspecified atom stereocenters. The number of carbonyl (C=O) groups excluding carboxylic acids is 2. The quantitative estimate of drug-likeness (QED) is 0.247. The smallest absolute Gasteiger partial charge is 0.468 e. The number of hydrogen-bond acceptors (Lipinski definition) is 6. The maximum atomic E-state index is 13.1. The van der Waals surface area contributed by atoms with Gasteiger partial charge in [0.05, 0.1) is 0 Å². The molecular formula is C26H20F3NO5. The molecule has 0 saturated carbocycles. The second-order valence-corrected chi connectivity index (χ2v) is 7.92. The molecule has 1 aliphatic rings. The Morgan fingerprint density at radius 3 is 1.94 bits per heavy atom. The van der Waals surface area contributed by atoms with E-state index in [2.05, 4.69) is 9.73 Å². The molecule has 9 heteroatoms. The van der Waals surface area contributed by atoms with Crippen LogP contribution in [0, 0.1) is 0 Å². The first-order chi connectivity index (χ1) is 16.7. The van der Waals surface area contributed by atoms with E-state index in [-0.39, 0.29) is 24.5 Å². The van der Waals surface area contributed by atoms with Crippen LogP contribution in [0.25, 0.3) is 0 Å². The molecule has 0 N–H and O–H groups in total. The van der Waals surface area contributed by atoms with Crippen LogP contribution in [0.1, 0.15) is 28.4 Å². The number of rotatable bonds is 8. The molecule has 0 aromatic heterocycles. The molecule has 3 aromatic rings. The van der Waals surface area contributed by atoms with Crippen molar-refractivity contribution in [1.29, 1.82) is 0 Å². The lowest BCUT2D eigenvalue weighted by Gasteiger charge is -2.17. The Balaban J connectivity index is 1.63. The van der Waals surface area contributed by atoms with Gasteiger partial charge in [-0.3, -0.25) is 4.79 Å². The number of cyclic esters (lactones) is 1. The van der Waals surface area contributed by atoms with Gasteiger partial charge in [-0.15, -0.1) is 0 Å². The molecule has 4 rings (SSSR count). The van der Waals surface area contributed by atoms with Gasteiger partial charge in [0.2, 0.25) is 11.3 Å². The summed E-state index contributed by atoms with van der Waals surface area (Å²) in [6.45, 7) is 1.36. The maximum absolute atomic E-state index is 13.1. The van der Waals surface area contributed by atoms with Crippen LogP contribution in [0.4, 0.5) is 13.2 Å². The molecule has 3 aromatic carbocycles. The molecule has 0 spiro atoms. The average molecular weight is 483 g/mol. The van der Waals surface area contributed by atoms with E-state index in [0.29, 0.717) is 5.75 Å². The number of ether oxygens (including phenoxy) is 3. The van der Waals surface area contributed by atoms with Crippen molar-refractivity contribution in [3.8, 4) is 11.5 Å². The molecule has 6 nitrogen and oxygen atoms in total. The van der Waals surface area contributed by atoms with E-state index in [4.69, 9.17) is 9.47 Å². The van der Waals surface area contributed by atoms with Gasteiger partial charge in [-0.05, 0) is 36.2 Å². The maximum Gasteiger partial charge on any atom is 0.468 e. The Hall–Kier alpha value is -4.14. The number of ketones is 1. The van der Waals surface area contributed by atoms with E-state index in [0.717, 1.165) is 18.1 Å². The Kier molecular flexibility index (Phi) is 6.59. The zero-order chi connectivity index (χ0) is 25.1. The SMILES string of the molecule is CC1(C(=O)c2ccc(OCc3ccccc3)c(OCc3ccccc3)c2)N=C(C(F)(F)F)OC1=O. The molecule has 0 saturated heterocycles. The fraction of sp³-hybridized carbons (Fsp3) is 0.192. The summed E-state index contributed by atoms with van der Waals surface area (Å²) >= 11 is 0. The van der Waals surface area contributed by atoms with Crippen LogP contribution in [-0.2, 0) is 22.7 Å². The lowest BCUT2D eigenvalue weighted by atomic mass is 9.92. The number of esters is 1. The number of aliphatic imine (C=N–C) groups is 1. The zero-order valence-corrected chi connectivity index (χ0v) is 18.5. The van der Waals surface area contributed by atoms with Crippen molar-refractivity contribution in [3.63, 3.8) is 0 Å². The van der Waals surface area contributed by atoms with Gasteiger partial charge in [0, 0.05) is 5.56 Å². The Morgan fingerprint density at radius 1 is 0.886 bits per heavy atom. The number of halogens is 3. The summed E-state index contributed by atoms with van der Waals surface area (Å²) in [4.78, 5) is 28.5. The fourth-order valence-corrected chi connectivity index (χ4v) is 3.36. The van der Waals surface area contributed by atoms with Crippen molar-refractivity contribution in [2.75, 3.05) is 0 Å². The standard InChI is InChI=1S/C26H20F3NO5/c1-25(24(32)35-23(30-25)26(27,28)29)22(31)19-12-13-20(33-15-17-8-4-2-5-9-17)21(14-19)34-16-18-10-6-3-7-11-18/h2-14H,15-16H2,1H3. The second-order valence-electron chi connectivity index (χ2n) is 7.92. The normalized spacial score (nSPS) is 17.5. The van der Waals surface area contributed by atoms with E-state index < -0.39 is 29.4 Å². The van der Waals surface area contributed by atoms with Crippen LogP contribution in [-0.4, -0.2) is 29.4 Å². The Labute approximate surface area is 199 Å². The Morgan fingerprint density at radius 2 is 1.43 bits per heavy atom. The lowest BCUT2D eigenvalue weighted by molar-refractivity contribution is -0.140. The van der Waals surface area contributed by atoms with Crippen LogP contribution in [0.15, 0.2) is 83.9 Å². The van der Waals surface area contributed by atoms with E-state index in [1.165, 1.54) is 18.2 Å². The number of nitrogens with zero attached hydrogens (tertiary/aromatic N) is 1. The van der Waals surface area contributed by atoms with Gasteiger partial charge >= 0.3 is 18.0 Å². The van der Waals surface area contributed by atoms with Crippen LogP contribution in [0.2, 0.25) is 0 Å². The molecule has 1 atom stereocenters. The van der Waals surface area contributed by atoms with E-state index in [1.54, 1.807) is 0 Å². The number of benzene rings is 3. The van der Waals surface area contributed by atoms with Crippen molar-refractivity contribution < 1.29 is 37.0 Å². The summed E-state index contributed by atoms with van der Waals surface area (Å²) in [7, 11) is 0. The third-order valence-corrected chi connectivity index (χ3v) is 5.28. The lowest BCUT2D eigenvalue weighted by Crippen LogP contribution is -2.39. The van der Waals surface area contributed by atoms with Crippen LogP contribution in [0.5, 0.6) is 11.5 Å². The van der Waals surface area contributed by atoms with Crippen LogP contribution in [0.3, 0.4) is 0 Å². The van der Waals surface area contributed by atoms with Crippen molar-refractivity contribution in [3.05, 3.63) is 95.6 Å². The minimum Gasteiger partial charge on any atom is -0.485 e. The van der Waals surface area contributed by atoms with Crippen molar-refractivity contribution >= 4 is 17.7 Å². The van der Waals surface area contributed by atoms with Gasteiger partial charge in [0.1, 0.15) is 13.2 Å². The molecule has 1 aliphatic heterocycles. The zero-order valence-electron chi connectivity index (χ0n) is 18.5. The summed E-state index contributed by atoms with van der Waals surface area (Å²) in [5, 5.41) is 0. The first-order valence-electron chi connectivity index (χ1n) is 10.6. The molecule has 35 heavy (non-hydrogen) atoms. The predicted octanol–water partition coefficient (Wildman–Crippen LogP) is 5.30. The highest BCUT2D eigenvalue weighted by Gasteiger charge is 2.55. The Bertz CT molecular complexity index is 1260. The van der Waals surface area contributed by atoms with Crippen LogP contribution < -0.4 is 9.47 Å². The van der Waals surface area contributed by atoms with E-state index in [9.17, 15) is 22.8 Å². The largest absolute Gasteiger partial charge is 0.485 e. The third-order valence-electron chi connectivity index (χ3n) is 5.28. The summed E-state index contributed by atoms with van der Waals surface area (Å²) in [6, 6.07) is 22.7. The number of carbonyl (C=O) groups is 2. The fourth-order valence-electron chi connectivity index (χ4n) is 3.36. The number of Topliss-reactive ketones (excluding diaryl/α,β-unsaturated/α-hetero) is 1. The summed E-state index contributed by atoms with van der Waals surface area (Å²) in [5.74, 6) is -3.60. The van der Waals surface area contributed by atoms with Crippen molar-refractivity contribution in [2.24, 2.45) is 4.99 Å². The molecule has 0 radical (unpaired) electrons. The first kappa shape index (κ1) is 24.0. The van der Waals surface area contributed by atoms with Crippen molar-refractivity contribution in [1.82, 2.24) is 0 Å². The highest BCUT2D eigenvalue weighted by molar-refractivity contribution is 6.21. The summed E-state index contributed by atoms with van der Waals surface area (Å²) in [5.41, 5.74) is -0.693. The molecule has 0 bridgehead atoms. The summed E-state index contributed by atoms with van der Waals surface area (Å²) < 4.78 is 55.0.